The maximum atomic E-state index is 11.1. The fourth-order valence-electron chi connectivity index (χ4n) is 1.03. The summed E-state index contributed by atoms with van der Waals surface area (Å²) in [5.74, 6) is 0.413. The number of ether oxygens (including phenoxy) is 1. The van der Waals surface area contributed by atoms with Gasteiger partial charge in [-0.3, -0.25) is 0 Å². The summed E-state index contributed by atoms with van der Waals surface area (Å²) in [6.07, 6.45) is 0.963. The summed E-state index contributed by atoms with van der Waals surface area (Å²) in [6, 6.07) is 5.23. The van der Waals surface area contributed by atoms with Gasteiger partial charge >= 0.3 is 6.09 Å². The first kappa shape index (κ1) is 13.5. The minimum Gasteiger partial charge on any atom is -0.410 e. The Hall–Kier alpha value is -1.56. The number of rotatable bonds is 4. The van der Waals surface area contributed by atoms with Crippen LogP contribution in [0.1, 0.15) is 12.5 Å². The molecule has 92 valence electrons. The largest absolute Gasteiger partial charge is 0.412 e. The summed E-state index contributed by atoms with van der Waals surface area (Å²) < 4.78 is 5.92. The van der Waals surface area contributed by atoms with Crippen LogP contribution in [0.2, 0.25) is 0 Å². The second-order valence-corrected chi connectivity index (χ2v) is 3.89. The Morgan fingerprint density at radius 1 is 1.59 bits per heavy atom. The lowest BCUT2D eigenvalue weighted by atomic mass is 10.2. The Balaban J connectivity index is 2.91. The number of carbonyl (C=O) groups excluding carboxylic acids is 1. The number of nitrogens with one attached hydrogen (secondary N) is 1. The van der Waals surface area contributed by atoms with Crippen LogP contribution in [-0.2, 0) is 4.84 Å². The number of benzene rings is 1. The zero-order valence-electron chi connectivity index (χ0n) is 9.57. The average Bonchev–Trinajstić information content (AvgIpc) is 2.32. The minimum absolute atomic E-state index is 0.413. The molecule has 0 aliphatic rings. The zero-order valence-corrected chi connectivity index (χ0v) is 11.2. The van der Waals surface area contributed by atoms with Gasteiger partial charge in [0.05, 0.1) is 6.21 Å². The number of nitrogens with zero attached hydrogens (tertiary/aromatic N) is 1. The predicted molar refractivity (Wildman–Crippen MR) is 68.4 cm³/mol. The van der Waals surface area contributed by atoms with E-state index in [2.05, 4.69) is 26.4 Å². The molecular weight excluding hydrogens is 288 g/mol. The topological polar surface area (TPSA) is 59.9 Å². The molecule has 1 amide bonds. The molecule has 0 fully saturated rings. The molecule has 1 aromatic rings. The van der Waals surface area contributed by atoms with Crippen molar-refractivity contribution >= 4 is 28.2 Å². The summed E-state index contributed by atoms with van der Waals surface area (Å²) >= 11 is 3.33. The van der Waals surface area contributed by atoms with Crippen molar-refractivity contribution in [3.8, 4) is 5.75 Å². The van der Waals surface area contributed by atoms with Crippen molar-refractivity contribution in [1.29, 1.82) is 0 Å². The first-order chi connectivity index (χ1) is 8.17. The van der Waals surface area contributed by atoms with Crippen molar-refractivity contribution in [2.45, 2.75) is 6.92 Å². The third kappa shape index (κ3) is 4.44. The van der Waals surface area contributed by atoms with Gasteiger partial charge in [0, 0.05) is 17.1 Å². The fourth-order valence-corrected chi connectivity index (χ4v) is 1.41. The Morgan fingerprint density at radius 3 is 3.00 bits per heavy atom. The number of hydrogen-bond acceptors (Lipinski definition) is 4. The quantitative estimate of drug-likeness (QED) is 0.686. The summed E-state index contributed by atoms with van der Waals surface area (Å²) in [6.45, 7) is 2.32. The molecule has 0 unspecified atom stereocenters. The highest BCUT2D eigenvalue weighted by Crippen LogP contribution is 2.21. The van der Waals surface area contributed by atoms with Crippen LogP contribution in [0, 0.1) is 0 Å². The van der Waals surface area contributed by atoms with E-state index in [-0.39, 0.29) is 0 Å². The number of hydrogen-bond donors (Lipinski definition) is 1. The smallest absolute Gasteiger partial charge is 0.410 e. The third-order valence-electron chi connectivity index (χ3n) is 1.77. The van der Waals surface area contributed by atoms with E-state index in [9.17, 15) is 4.79 Å². The van der Waals surface area contributed by atoms with E-state index in [1.807, 2.05) is 6.92 Å². The van der Waals surface area contributed by atoms with Crippen LogP contribution in [-0.4, -0.2) is 26.0 Å². The normalized spacial score (nSPS) is 10.3. The third-order valence-corrected chi connectivity index (χ3v) is 2.27. The van der Waals surface area contributed by atoms with E-state index < -0.39 is 6.09 Å². The van der Waals surface area contributed by atoms with Crippen molar-refractivity contribution in [2.75, 3.05) is 13.7 Å². The van der Waals surface area contributed by atoms with Crippen LogP contribution in [0.5, 0.6) is 5.75 Å². The van der Waals surface area contributed by atoms with Gasteiger partial charge in [0.25, 0.3) is 0 Å². The standard InChI is InChI=1S/C11H13BrN2O3/c1-3-16-14-7-8-6-9(12)4-5-10(8)17-11(15)13-2/h4-7H,3H2,1-2H3,(H,13,15)/b14-7+. The van der Waals surface area contributed by atoms with E-state index in [1.165, 1.54) is 13.3 Å². The number of oxime groups is 1. The van der Waals surface area contributed by atoms with Crippen molar-refractivity contribution in [2.24, 2.45) is 5.16 Å². The molecule has 0 heterocycles. The van der Waals surface area contributed by atoms with Gasteiger partial charge in [0.1, 0.15) is 12.4 Å². The molecule has 0 radical (unpaired) electrons. The number of halogens is 1. The molecule has 1 aromatic carbocycles. The van der Waals surface area contributed by atoms with Crippen LogP contribution in [0.25, 0.3) is 0 Å². The Kier molecular flexibility index (Phi) is 5.48. The monoisotopic (exact) mass is 300 g/mol. The lowest BCUT2D eigenvalue weighted by Gasteiger charge is -2.06. The van der Waals surface area contributed by atoms with E-state index >= 15 is 0 Å². The first-order valence-corrected chi connectivity index (χ1v) is 5.81. The highest BCUT2D eigenvalue weighted by atomic mass is 79.9. The van der Waals surface area contributed by atoms with Crippen molar-refractivity contribution in [3.05, 3.63) is 28.2 Å². The SMILES string of the molecule is CCO/N=C/c1cc(Br)ccc1OC(=O)NC. The summed E-state index contributed by atoms with van der Waals surface area (Å²) in [7, 11) is 1.50. The van der Waals surface area contributed by atoms with Gasteiger partial charge in [-0.1, -0.05) is 21.1 Å². The Bertz CT molecular complexity index is 421. The second-order valence-electron chi connectivity index (χ2n) is 2.97. The van der Waals surface area contributed by atoms with Crippen molar-refractivity contribution < 1.29 is 14.4 Å². The molecule has 0 spiro atoms. The highest BCUT2D eigenvalue weighted by molar-refractivity contribution is 9.10. The van der Waals surface area contributed by atoms with Gasteiger partial charge in [-0.2, -0.15) is 0 Å². The summed E-state index contributed by atoms with van der Waals surface area (Å²) in [4.78, 5) is 16.0. The van der Waals surface area contributed by atoms with Gasteiger partial charge in [0.2, 0.25) is 0 Å². The molecular formula is C11H13BrN2O3. The molecule has 1 rings (SSSR count). The van der Waals surface area contributed by atoms with E-state index in [0.29, 0.717) is 17.9 Å². The van der Waals surface area contributed by atoms with Crippen LogP contribution in [0.3, 0.4) is 0 Å². The van der Waals surface area contributed by atoms with E-state index in [4.69, 9.17) is 9.57 Å². The van der Waals surface area contributed by atoms with Crippen LogP contribution < -0.4 is 10.1 Å². The number of amides is 1. The number of carbonyl (C=O) groups is 1. The molecule has 5 nitrogen and oxygen atoms in total. The molecule has 0 aromatic heterocycles. The van der Waals surface area contributed by atoms with Gasteiger partial charge in [-0.25, -0.2) is 4.79 Å². The molecule has 17 heavy (non-hydrogen) atoms. The Morgan fingerprint density at radius 2 is 2.35 bits per heavy atom. The van der Waals surface area contributed by atoms with Gasteiger partial charge in [0.15, 0.2) is 0 Å². The summed E-state index contributed by atoms with van der Waals surface area (Å²) in [5, 5.41) is 6.11. The van der Waals surface area contributed by atoms with Crippen LogP contribution in [0.15, 0.2) is 27.8 Å². The lowest BCUT2D eigenvalue weighted by Crippen LogP contribution is -2.22. The van der Waals surface area contributed by atoms with Crippen LogP contribution >= 0.6 is 15.9 Å². The summed E-state index contributed by atoms with van der Waals surface area (Å²) in [5.41, 5.74) is 0.649. The molecule has 6 heteroatoms. The second kappa shape index (κ2) is 6.90. The van der Waals surface area contributed by atoms with E-state index in [1.54, 1.807) is 18.2 Å². The molecule has 0 bridgehead atoms. The van der Waals surface area contributed by atoms with Gasteiger partial charge in [-0.15, -0.1) is 0 Å². The van der Waals surface area contributed by atoms with E-state index in [0.717, 1.165) is 4.47 Å². The predicted octanol–water partition coefficient (Wildman–Crippen LogP) is 2.54. The maximum Gasteiger partial charge on any atom is 0.412 e. The molecule has 0 saturated heterocycles. The first-order valence-electron chi connectivity index (χ1n) is 5.01. The van der Waals surface area contributed by atoms with Crippen LogP contribution in [0.4, 0.5) is 4.79 Å². The van der Waals surface area contributed by atoms with Crippen molar-refractivity contribution in [1.82, 2.24) is 5.32 Å². The fraction of sp³-hybridized carbons (Fsp3) is 0.273. The minimum atomic E-state index is -0.529. The average molecular weight is 301 g/mol. The molecule has 0 saturated carbocycles. The molecule has 0 aliphatic heterocycles. The van der Waals surface area contributed by atoms with Gasteiger partial charge < -0.3 is 14.9 Å². The van der Waals surface area contributed by atoms with Crippen molar-refractivity contribution in [3.63, 3.8) is 0 Å². The molecule has 0 aliphatic carbocycles. The molecule has 0 atom stereocenters. The Labute approximate surface area is 108 Å². The maximum absolute atomic E-state index is 11.1. The lowest BCUT2D eigenvalue weighted by molar-refractivity contribution is 0.160. The molecule has 1 N–H and O–H groups in total. The van der Waals surface area contributed by atoms with Gasteiger partial charge in [-0.05, 0) is 25.1 Å². The highest BCUT2D eigenvalue weighted by Gasteiger charge is 2.07. The zero-order chi connectivity index (χ0) is 12.7.